The number of ether oxygens (including phenoxy) is 3. The normalized spacial score (nSPS) is 13.1. The third kappa shape index (κ3) is 6.56. The van der Waals surface area contributed by atoms with E-state index in [4.69, 9.17) is 14.2 Å². The summed E-state index contributed by atoms with van der Waals surface area (Å²) in [6.07, 6.45) is 4.37. The fourth-order valence-corrected chi connectivity index (χ4v) is 4.98. The Labute approximate surface area is 217 Å². The molecule has 4 rings (SSSR count). The van der Waals surface area contributed by atoms with Crippen LogP contribution in [0, 0.1) is 0 Å². The van der Waals surface area contributed by atoms with Gasteiger partial charge in [0.05, 0.1) is 23.9 Å². The smallest absolute Gasteiger partial charge is 0.0859 e. The molecule has 4 aromatic rings. The second-order valence-electron chi connectivity index (χ2n) is 12.0. The van der Waals surface area contributed by atoms with Crippen molar-refractivity contribution >= 4 is 32.3 Å². The van der Waals surface area contributed by atoms with Gasteiger partial charge in [-0.1, -0.05) is 48.5 Å². The van der Waals surface area contributed by atoms with Gasteiger partial charge in [0.1, 0.15) is 0 Å². The molecular weight excluding hydrogens is 444 g/mol. The highest BCUT2D eigenvalue weighted by molar-refractivity contribution is 6.24. The van der Waals surface area contributed by atoms with Crippen molar-refractivity contribution in [1.29, 1.82) is 0 Å². The average Bonchev–Trinajstić information content (AvgIpc) is 2.82. The molecule has 3 heteroatoms. The third-order valence-corrected chi connectivity index (χ3v) is 6.82. The van der Waals surface area contributed by atoms with Gasteiger partial charge in [0.15, 0.2) is 0 Å². The van der Waals surface area contributed by atoms with E-state index in [1.807, 2.05) is 0 Å². The summed E-state index contributed by atoms with van der Waals surface area (Å²) in [5.41, 5.74) is 2.39. The molecule has 0 aliphatic rings. The molecule has 0 amide bonds. The summed E-state index contributed by atoms with van der Waals surface area (Å²) in [5, 5.41) is 8.22. The van der Waals surface area contributed by atoms with Crippen molar-refractivity contribution < 1.29 is 14.2 Å². The van der Waals surface area contributed by atoms with Crippen LogP contribution in [-0.4, -0.2) is 37.1 Å². The molecule has 0 heterocycles. The van der Waals surface area contributed by atoms with E-state index in [1.54, 1.807) is 0 Å². The van der Waals surface area contributed by atoms with Crippen LogP contribution in [0.5, 0.6) is 0 Å². The molecular formula is C33H44O3. The molecule has 0 aliphatic heterocycles. The Morgan fingerprint density at radius 2 is 1.14 bits per heavy atom. The maximum absolute atomic E-state index is 6.21. The summed E-state index contributed by atoms with van der Waals surface area (Å²) in [4.78, 5) is 0. The monoisotopic (exact) mass is 488 g/mol. The highest BCUT2D eigenvalue weighted by Gasteiger charge is 2.22. The van der Waals surface area contributed by atoms with Gasteiger partial charge >= 0.3 is 0 Å². The molecule has 0 saturated heterocycles. The minimum atomic E-state index is -0.285. The largest absolute Gasteiger partial charge is 0.379 e. The topological polar surface area (TPSA) is 27.7 Å². The van der Waals surface area contributed by atoms with Gasteiger partial charge < -0.3 is 14.2 Å². The van der Waals surface area contributed by atoms with Crippen LogP contribution in [0.1, 0.15) is 72.4 Å². The van der Waals surface area contributed by atoms with Crippen LogP contribution in [-0.2, 0) is 27.1 Å². The first-order chi connectivity index (χ1) is 17.0. The van der Waals surface area contributed by atoms with E-state index in [0.29, 0.717) is 6.61 Å². The summed E-state index contributed by atoms with van der Waals surface area (Å²) in [5.74, 6) is 0. The van der Waals surface area contributed by atoms with Crippen LogP contribution in [0.25, 0.3) is 32.3 Å². The number of rotatable bonds is 12. The van der Waals surface area contributed by atoms with Crippen molar-refractivity contribution in [2.24, 2.45) is 0 Å². The standard InChI is InChI=1S/C33H44O3/c1-23(2)34-20-8-10-24-12-14-26-17-19-29-25(13-15-27-16-18-28(24)30(26)31(27)29)11-9-21-35-33(6,7)22-36-32(3,4)5/h12-19,23H,8-11,20-22H2,1-7H3. The Kier molecular flexibility index (Phi) is 8.24. The van der Waals surface area contributed by atoms with Crippen LogP contribution in [0.3, 0.4) is 0 Å². The van der Waals surface area contributed by atoms with Gasteiger partial charge in [0.25, 0.3) is 0 Å². The Morgan fingerprint density at radius 1 is 0.639 bits per heavy atom. The van der Waals surface area contributed by atoms with Crippen molar-refractivity contribution in [3.05, 3.63) is 59.7 Å². The third-order valence-electron chi connectivity index (χ3n) is 6.82. The lowest BCUT2D eigenvalue weighted by Crippen LogP contribution is -2.35. The van der Waals surface area contributed by atoms with Crippen molar-refractivity contribution in [1.82, 2.24) is 0 Å². The molecule has 0 unspecified atom stereocenters. The van der Waals surface area contributed by atoms with E-state index >= 15 is 0 Å². The van der Waals surface area contributed by atoms with Crippen LogP contribution >= 0.6 is 0 Å². The molecule has 0 bridgehead atoms. The first-order valence-corrected chi connectivity index (χ1v) is 13.6. The lowest BCUT2D eigenvalue weighted by atomic mass is 9.88. The van der Waals surface area contributed by atoms with Gasteiger partial charge in [-0.15, -0.1) is 0 Å². The summed E-state index contributed by atoms with van der Waals surface area (Å²) in [6, 6.07) is 18.4. The zero-order valence-corrected chi connectivity index (χ0v) is 23.4. The van der Waals surface area contributed by atoms with E-state index in [0.717, 1.165) is 38.9 Å². The van der Waals surface area contributed by atoms with E-state index in [2.05, 4.69) is 97.0 Å². The molecule has 0 radical (unpaired) electrons. The van der Waals surface area contributed by atoms with Crippen molar-refractivity contribution in [3.8, 4) is 0 Å². The number of aryl methyl sites for hydroxylation is 2. The quantitative estimate of drug-likeness (QED) is 0.148. The molecule has 0 N–H and O–H groups in total. The lowest BCUT2D eigenvalue weighted by molar-refractivity contribution is -0.114. The molecule has 4 aromatic carbocycles. The van der Waals surface area contributed by atoms with Crippen molar-refractivity contribution in [2.75, 3.05) is 19.8 Å². The Balaban J connectivity index is 1.51. The van der Waals surface area contributed by atoms with Gasteiger partial charge in [-0.3, -0.25) is 0 Å². The zero-order valence-electron chi connectivity index (χ0n) is 23.4. The van der Waals surface area contributed by atoms with Crippen molar-refractivity contribution in [2.45, 2.75) is 91.5 Å². The molecule has 0 atom stereocenters. The fraction of sp³-hybridized carbons (Fsp3) is 0.515. The van der Waals surface area contributed by atoms with Gasteiger partial charge in [-0.2, -0.15) is 0 Å². The van der Waals surface area contributed by atoms with E-state index < -0.39 is 0 Å². The highest BCUT2D eigenvalue weighted by Crippen LogP contribution is 2.38. The zero-order chi connectivity index (χ0) is 25.9. The first kappa shape index (κ1) is 26.9. The molecule has 36 heavy (non-hydrogen) atoms. The van der Waals surface area contributed by atoms with Crippen LogP contribution in [0.15, 0.2) is 48.5 Å². The molecule has 0 fully saturated rings. The van der Waals surface area contributed by atoms with Crippen LogP contribution in [0.2, 0.25) is 0 Å². The molecule has 194 valence electrons. The SMILES string of the molecule is CC(C)OCCCc1ccc2ccc3c(CCCOC(C)(C)COC(C)(C)C)ccc4ccc1c2c43. The summed E-state index contributed by atoms with van der Waals surface area (Å²) < 4.78 is 17.9. The van der Waals surface area contributed by atoms with E-state index in [-0.39, 0.29) is 17.3 Å². The van der Waals surface area contributed by atoms with Crippen LogP contribution < -0.4 is 0 Å². The summed E-state index contributed by atoms with van der Waals surface area (Å²) in [6.45, 7) is 16.8. The van der Waals surface area contributed by atoms with Gasteiger partial charge in [-0.05, 0) is 118 Å². The fourth-order valence-electron chi connectivity index (χ4n) is 4.98. The maximum atomic E-state index is 6.21. The van der Waals surface area contributed by atoms with Crippen molar-refractivity contribution in [3.63, 3.8) is 0 Å². The van der Waals surface area contributed by atoms with Gasteiger partial charge in [0, 0.05) is 13.2 Å². The number of benzene rings is 4. The second kappa shape index (κ2) is 11.0. The summed E-state index contributed by atoms with van der Waals surface area (Å²) >= 11 is 0. The molecule has 3 nitrogen and oxygen atoms in total. The molecule has 0 saturated carbocycles. The first-order valence-electron chi connectivity index (χ1n) is 13.6. The minimum Gasteiger partial charge on any atom is -0.379 e. The predicted octanol–water partition coefficient (Wildman–Crippen LogP) is 8.48. The predicted molar refractivity (Wildman–Crippen MR) is 154 cm³/mol. The average molecular weight is 489 g/mol. The Morgan fingerprint density at radius 3 is 1.64 bits per heavy atom. The number of hydrogen-bond acceptors (Lipinski definition) is 3. The molecule has 0 aliphatic carbocycles. The number of hydrogen-bond donors (Lipinski definition) is 0. The Hall–Kier alpha value is -2.20. The van der Waals surface area contributed by atoms with Crippen LogP contribution in [0.4, 0.5) is 0 Å². The minimum absolute atomic E-state index is 0.149. The second-order valence-corrected chi connectivity index (χ2v) is 12.0. The van der Waals surface area contributed by atoms with Gasteiger partial charge in [-0.25, -0.2) is 0 Å². The Bertz CT molecular complexity index is 1280. The van der Waals surface area contributed by atoms with Gasteiger partial charge in [0.2, 0.25) is 0 Å². The molecule has 0 spiro atoms. The summed E-state index contributed by atoms with van der Waals surface area (Å²) in [7, 11) is 0. The lowest BCUT2D eigenvalue weighted by Gasteiger charge is -2.30. The molecule has 0 aromatic heterocycles. The van der Waals surface area contributed by atoms with E-state index in [1.165, 1.54) is 43.4 Å². The maximum Gasteiger partial charge on any atom is 0.0859 e. The van der Waals surface area contributed by atoms with E-state index in [9.17, 15) is 0 Å². The highest BCUT2D eigenvalue weighted by atomic mass is 16.6.